The number of nitrogens with zero attached hydrogens (tertiary/aromatic N) is 3. The predicted molar refractivity (Wildman–Crippen MR) is 124 cm³/mol. The van der Waals surface area contributed by atoms with Crippen molar-refractivity contribution in [3.05, 3.63) is 0 Å². The molecule has 6 heteroatoms. The Kier molecular flexibility index (Phi) is 10.8. The number of likely N-dealkylation sites (N-methyl/N-ethyl adjacent to an activating group) is 1. The summed E-state index contributed by atoms with van der Waals surface area (Å²) in [6.07, 6.45) is 5.34. The zero-order valence-electron chi connectivity index (χ0n) is 17.7. The van der Waals surface area contributed by atoms with Crippen LogP contribution in [0.25, 0.3) is 0 Å². The topological polar surface area (TPSA) is 42.9 Å². The summed E-state index contributed by atoms with van der Waals surface area (Å²) >= 11 is 0. The van der Waals surface area contributed by atoms with Gasteiger partial charge in [-0.15, -0.1) is 24.0 Å². The van der Waals surface area contributed by atoms with Gasteiger partial charge in [-0.3, -0.25) is 9.89 Å². The van der Waals surface area contributed by atoms with Gasteiger partial charge in [0.25, 0.3) is 0 Å². The second-order valence-electron chi connectivity index (χ2n) is 8.43. The number of hydrogen-bond acceptors (Lipinski definition) is 3. The summed E-state index contributed by atoms with van der Waals surface area (Å²) in [5, 5.41) is 7.08. The highest BCUT2D eigenvalue weighted by Crippen LogP contribution is 2.43. The SMILES string of the molecule is CCNC(=NCC1(CC)CCC1)NCC(C(C)C)N1CCN(C)CC1.I. The zero-order valence-corrected chi connectivity index (χ0v) is 20.0. The predicted octanol–water partition coefficient (Wildman–Crippen LogP) is 3.01. The molecule has 154 valence electrons. The molecular weight excluding hydrogens is 437 g/mol. The van der Waals surface area contributed by atoms with E-state index in [-0.39, 0.29) is 24.0 Å². The molecule has 2 fully saturated rings. The normalized spacial score (nSPS) is 22.5. The van der Waals surface area contributed by atoms with Gasteiger partial charge < -0.3 is 15.5 Å². The van der Waals surface area contributed by atoms with E-state index in [0.717, 1.165) is 25.6 Å². The molecule has 0 radical (unpaired) electrons. The van der Waals surface area contributed by atoms with E-state index in [0.29, 0.717) is 17.4 Å². The van der Waals surface area contributed by atoms with Gasteiger partial charge in [-0.1, -0.05) is 27.2 Å². The van der Waals surface area contributed by atoms with E-state index in [1.165, 1.54) is 51.9 Å². The van der Waals surface area contributed by atoms with Gasteiger partial charge in [0.15, 0.2) is 5.96 Å². The van der Waals surface area contributed by atoms with Gasteiger partial charge in [-0.05, 0) is 44.6 Å². The van der Waals surface area contributed by atoms with Gasteiger partial charge in [0.1, 0.15) is 0 Å². The van der Waals surface area contributed by atoms with Crippen molar-refractivity contribution in [2.45, 2.75) is 59.4 Å². The van der Waals surface area contributed by atoms with E-state index in [9.17, 15) is 0 Å². The number of piperazine rings is 1. The molecule has 0 aromatic heterocycles. The van der Waals surface area contributed by atoms with Crippen LogP contribution in [0, 0.1) is 11.3 Å². The molecule has 1 saturated carbocycles. The molecule has 0 amide bonds. The molecule has 26 heavy (non-hydrogen) atoms. The lowest BCUT2D eigenvalue weighted by atomic mass is 9.67. The zero-order chi connectivity index (χ0) is 18.3. The average Bonchev–Trinajstić information content (AvgIpc) is 2.55. The van der Waals surface area contributed by atoms with Crippen LogP contribution < -0.4 is 10.6 Å². The highest BCUT2D eigenvalue weighted by atomic mass is 127. The van der Waals surface area contributed by atoms with Crippen molar-refractivity contribution >= 4 is 29.9 Å². The van der Waals surface area contributed by atoms with E-state index < -0.39 is 0 Å². The third-order valence-electron chi connectivity index (χ3n) is 6.34. The minimum Gasteiger partial charge on any atom is -0.357 e. The molecule has 1 aliphatic carbocycles. The van der Waals surface area contributed by atoms with Crippen molar-refractivity contribution < 1.29 is 0 Å². The highest BCUT2D eigenvalue weighted by Gasteiger charge is 2.34. The second kappa shape index (κ2) is 11.7. The fourth-order valence-electron chi connectivity index (χ4n) is 4.03. The van der Waals surface area contributed by atoms with Crippen molar-refractivity contribution in [2.75, 3.05) is 52.9 Å². The third kappa shape index (κ3) is 6.82. The number of nitrogens with one attached hydrogen (secondary N) is 2. The Balaban J connectivity index is 0.00000338. The highest BCUT2D eigenvalue weighted by molar-refractivity contribution is 14.0. The molecule has 2 aliphatic rings. The van der Waals surface area contributed by atoms with Gasteiger partial charge in [-0.25, -0.2) is 0 Å². The van der Waals surface area contributed by atoms with Crippen molar-refractivity contribution in [1.29, 1.82) is 0 Å². The Labute approximate surface area is 178 Å². The third-order valence-corrected chi connectivity index (χ3v) is 6.34. The lowest BCUT2D eigenvalue weighted by Gasteiger charge is -2.41. The quantitative estimate of drug-likeness (QED) is 0.319. The molecule has 1 aliphatic heterocycles. The van der Waals surface area contributed by atoms with Crippen LogP contribution in [0.5, 0.6) is 0 Å². The van der Waals surface area contributed by atoms with Gasteiger partial charge >= 0.3 is 0 Å². The molecule has 5 nitrogen and oxygen atoms in total. The monoisotopic (exact) mass is 479 g/mol. The smallest absolute Gasteiger partial charge is 0.191 e. The van der Waals surface area contributed by atoms with Crippen molar-refractivity contribution in [1.82, 2.24) is 20.4 Å². The molecule has 1 heterocycles. The first-order chi connectivity index (χ1) is 12.0. The summed E-state index contributed by atoms with van der Waals surface area (Å²) in [4.78, 5) is 10.0. The van der Waals surface area contributed by atoms with E-state index >= 15 is 0 Å². The first-order valence-electron chi connectivity index (χ1n) is 10.4. The van der Waals surface area contributed by atoms with Crippen molar-refractivity contribution in [3.63, 3.8) is 0 Å². The Hall–Kier alpha value is -0.0800. The van der Waals surface area contributed by atoms with Crippen molar-refractivity contribution in [2.24, 2.45) is 16.3 Å². The number of halogens is 1. The minimum atomic E-state index is 0. The number of hydrogen-bond donors (Lipinski definition) is 2. The van der Waals surface area contributed by atoms with Gasteiger partial charge in [0.05, 0.1) is 0 Å². The van der Waals surface area contributed by atoms with Crippen molar-refractivity contribution in [3.8, 4) is 0 Å². The summed E-state index contributed by atoms with van der Waals surface area (Å²) in [5.41, 5.74) is 0.483. The molecule has 0 aromatic rings. The Morgan fingerprint density at radius 1 is 1.08 bits per heavy atom. The van der Waals surface area contributed by atoms with E-state index in [1.807, 2.05) is 0 Å². The molecule has 2 rings (SSSR count). The largest absolute Gasteiger partial charge is 0.357 e. The molecule has 1 saturated heterocycles. The fraction of sp³-hybridized carbons (Fsp3) is 0.950. The van der Waals surface area contributed by atoms with Gasteiger partial charge in [0.2, 0.25) is 0 Å². The van der Waals surface area contributed by atoms with Crippen LogP contribution >= 0.6 is 24.0 Å². The lowest BCUT2D eigenvalue weighted by Crippen LogP contribution is -2.55. The summed E-state index contributed by atoms with van der Waals surface area (Å²) in [6.45, 7) is 16.7. The molecule has 0 aromatic carbocycles. The van der Waals surface area contributed by atoms with Crippen LogP contribution in [0.4, 0.5) is 0 Å². The van der Waals surface area contributed by atoms with Crippen LogP contribution in [-0.4, -0.2) is 74.7 Å². The Morgan fingerprint density at radius 2 is 1.73 bits per heavy atom. The lowest BCUT2D eigenvalue weighted by molar-refractivity contribution is 0.0899. The summed E-state index contributed by atoms with van der Waals surface area (Å²) in [6, 6.07) is 0.571. The van der Waals surface area contributed by atoms with Gasteiger partial charge in [0, 0.05) is 51.9 Å². The molecule has 0 spiro atoms. The summed E-state index contributed by atoms with van der Waals surface area (Å²) in [7, 11) is 2.22. The number of rotatable bonds is 8. The fourth-order valence-corrected chi connectivity index (χ4v) is 4.03. The molecule has 1 unspecified atom stereocenters. The average molecular weight is 479 g/mol. The van der Waals surface area contributed by atoms with E-state index in [1.54, 1.807) is 0 Å². The minimum absolute atomic E-state index is 0. The van der Waals surface area contributed by atoms with E-state index in [2.05, 4.69) is 55.2 Å². The first-order valence-corrected chi connectivity index (χ1v) is 10.4. The van der Waals surface area contributed by atoms with Crippen LogP contribution in [0.15, 0.2) is 4.99 Å². The maximum absolute atomic E-state index is 4.93. The van der Waals surface area contributed by atoms with Crippen LogP contribution in [0.1, 0.15) is 53.4 Å². The number of aliphatic imine (C=N–C) groups is 1. The standard InChI is InChI=1S/C20H41N5.HI/c1-6-20(9-8-10-20)16-23-19(21-7-2)22-15-18(17(3)4)25-13-11-24(5)12-14-25;/h17-18H,6-16H2,1-5H3,(H2,21,22,23);1H. The van der Waals surface area contributed by atoms with Crippen LogP contribution in [0.3, 0.4) is 0 Å². The maximum Gasteiger partial charge on any atom is 0.191 e. The first kappa shape index (κ1) is 24.0. The number of guanidine groups is 1. The summed E-state index contributed by atoms with van der Waals surface area (Å²) in [5.74, 6) is 1.65. The van der Waals surface area contributed by atoms with Crippen LogP contribution in [0.2, 0.25) is 0 Å². The second-order valence-corrected chi connectivity index (χ2v) is 8.43. The van der Waals surface area contributed by atoms with Crippen LogP contribution in [-0.2, 0) is 0 Å². The van der Waals surface area contributed by atoms with E-state index in [4.69, 9.17) is 4.99 Å². The maximum atomic E-state index is 4.93. The Bertz CT molecular complexity index is 409. The summed E-state index contributed by atoms with van der Waals surface area (Å²) < 4.78 is 0. The Morgan fingerprint density at radius 3 is 2.19 bits per heavy atom. The molecule has 0 bridgehead atoms. The van der Waals surface area contributed by atoms with Gasteiger partial charge in [-0.2, -0.15) is 0 Å². The molecule has 2 N–H and O–H groups in total. The molecule has 1 atom stereocenters. The molecular formula is C20H42IN5.